The van der Waals surface area contributed by atoms with Crippen LogP contribution >= 0.6 is 0 Å². The third-order valence-electron chi connectivity index (χ3n) is 3.28. The number of methoxy groups -OCH3 is 1. The zero-order chi connectivity index (χ0) is 14.6. The quantitative estimate of drug-likeness (QED) is 0.566. The van der Waals surface area contributed by atoms with Gasteiger partial charge in [-0.1, -0.05) is 0 Å². The van der Waals surface area contributed by atoms with Gasteiger partial charge in [0.2, 0.25) is 0 Å². The monoisotopic (exact) mass is 272 g/mol. The first kappa shape index (κ1) is 16.1. The van der Waals surface area contributed by atoms with Gasteiger partial charge in [-0.2, -0.15) is 0 Å². The van der Waals surface area contributed by atoms with E-state index in [0.717, 1.165) is 6.42 Å². The summed E-state index contributed by atoms with van der Waals surface area (Å²) >= 11 is 0. The van der Waals surface area contributed by atoms with Gasteiger partial charge in [0.25, 0.3) is 0 Å². The van der Waals surface area contributed by atoms with Crippen LogP contribution in [0.5, 0.6) is 0 Å². The molecule has 0 aliphatic carbocycles. The van der Waals surface area contributed by atoms with E-state index in [-0.39, 0.29) is 18.0 Å². The van der Waals surface area contributed by atoms with Crippen LogP contribution < -0.4 is 0 Å². The number of carbonyl (C=O) groups is 2. The smallest absolute Gasteiger partial charge is 0.315 e. The lowest BCUT2D eigenvalue weighted by atomic mass is 9.98. The third kappa shape index (κ3) is 4.91. The highest BCUT2D eigenvalue weighted by Crippen LogP contribution is 2.28. The van der Waals surface area contributed by atoms with Gasteiger partial charge in [0.1, 0.15) is 11.7 Å². The maximum Gasteiger partial charge on any atom is 0.315 e. The Morgan fingerprint density at radius 2 is 2.00 bits per heavy atom. The standard InChI is InChI=1S/C14H24O5/c1-9-8-11(19-14(3,4)18-9)6-7-12(15)10(2)13(16)17-5/h9-11H,6-8H2,1-5H3/t9-,10?,11+/m1/s1. The van der Waals surface area contributed by atoms with Gasteiger partial charge in [-0.3, -0.25) is 9.59 Å². The lowest BCUT2D eigenvalue weighted by Gasteiger charge is -2.39. The summed E-state index contributed by atoms with van der Waals surface area (Å²) in [4.78, 5) is 23.1. The molecule has 0 spiro atoms. The zero-order valence-corrected chi connectivity index (χ0v) is 12.4. The van der Waals surface area contributed by atoms with Crippen molar-refractivity contribution in [2.24, 2.45) is 5.92 Å². The Morgan fingerprint density at radius 1 is 1.37 bits per heavy atom. The molecule has 0 aromatic heterocycles. The van der Waals surface area contributed by atoms with Gasteiger partial charge in [-0.05, 0) is 40.5 Å². The summed E-state index contributed by atoms with van der Waals surface area (Å²) < 4.78 is 16.0. The molecule has 5 nitrogen and oxygen atoms in total. The molecule has 1 saturated heterocycles. The topological polar surface area (TPSA) is 61.8 Å². The van der Waals surface area contributed by atoms with Crippen LogP contribution in [0.3, 0.4) is 0 Å². The Morgan fingerprint density at radius 3 is 2.53 bits per heavy atom. The summed E-state index contributed by atoms with van der Waals surface area (Å²) in [6.07, 6.45) is 1.80. The van der Waals surface area contributed by atoms with E-state index in [4.69, 9.17) is 9.47 Å². The molecule has 110 valence electrons. The molecule has 1 aliphatic heterocycles. The molecule has 0 aromatic rings. The molecule has 0 radical (unpaired) electrons. The maximum absolute atomic E-state index is 11.8. The number of ether oxygens (including phenoxy) is 3. The number of Topliss-reactive ketones (excluding diaryl/α,β-unsaturated/α-hetero) is 1. The highest BCUT2D eigenvalue weighted by molar-refractivity contribution is 5.98. The first-order chi connectivity index (χ1) is 8.75. The minimum atomic E-state index is -0.699. The molecule has 5 heteroatoms. The predicted octanol–water partition coefficient (Wildman–Crippen LogP) is 2.07. The maximum atomic E-state index is 11.8. The molecule has 1 aliphatic rings. The lowest BCUT2D eigenvalue weighted by molar-refractivity contribution is -0.296. The van der Waals surface area contributed by atoms with Crippen LogP contribution in [0.25, 0.3) is 0 Å². The fraction of sp³-hybridized carbons (Fsp3) is 0.857. The first-order valence-corrected chi connectivity index (χ1v) is 6.71. The number of hydrogen-bond acceptors (Lipinski definition) is 5. The van der Waals surface area contributed by atoms with Crippen LogP contribution in [0.2, 0.25) is 0 Å². The van der Waals surface area contributed by atoms with Crippen molar-refractivity contribution in [3.8, 4) is 0 Å². The van der Waals surface area contributed by atoms with Crippen molar-refractivity contribution >= 4 is 11.8 Å². The van der Waals surface area contributed by atoms with Gasteiger partial charge < -0.3 is 14.2 Å². The molecular formula is C14H24O5. The molecular weight excluding hydrogens is 248 g/mol. The Hall–Kier alpha value is -0.940. The Bertz CT molecular complexity index is 337. The normalized spacial score (nSPS) is 27.6. The second kappa shape index (κ2) is 6.48. The van der Waals surface area contributed by atoms with Gasteiger partial charge in [-0.25, -0.2) is 0 Å². The van der Waals surface area contributed by atoms with E-state index in [2.05, 4.69) is 4.74 Å². The summed E-state index contributed by atoms with van der Waals surface area (Å²) in [5.41, 5.74) is 0. The molecule has 0 N–H and O–H groups in total. The second-order valence-electron chi connectivity index (χ2n) is 5.55. The van der Waals surface area contributed by atoms with Crippen LogP contribution in [0.4, 0.5) is 0 Å². The number of rotatable bonds is 5. The predicted molar refractivity (Wildman–Crippen MR) is 69.5 cm³/mol. The van der Waals surface area contributed by atoms with Crippen molar-refractivity contribution in [3.63, 3.8) is 0 Å². The lowest BCUT2D eigenvalue weighted by Crippen LogP contribution is -2.43. The van der Waals surface area contributed by atoms with Crippen LogP contribution in [0, 0.1) is 5.92 Å². The Balaban J connectivity index is 2.44. The van der Waals surface area contributed by atoms with E-state index in [0.29, 0.717) is 12.8 Å². The summed E-state index contributed by atoms with van der Waals surface area (Å²) in [5, 5.41) is 0. The van der Waals surface area contributed by atoms with Gasteiger partial charge in [-0.15, -0.1) is 0 Å². The van der Waals surface area contributed by atoms with Crippen LogP contribution in [-0.4, -0.2) is 36.9 Å². The molecule has 1 heterocycles. The molecule has 0 bridgehead atoms. The second-order valence-corrected chi connectivity index (χ2v) is 5.55. The average Bonchev–Trinajstić information content (AvgIpc) is 2.31. The van der Waals surface area contributed by atoms with E-state index in [1.807, 2.05) is 20.8 Å². The largest absolute Gasteiger partial charge is 0.468 e. The van der Waals surface area contributed by atoms with Crippen molar-refractivity contribution in [2.45, 2.75) is 65.0 Å². The third-order valence-corrected chi connectivity index (χ3v) is 3.28. The van der Waals surface area contributed by atoms with Crippen LogP contribution in [-0.2, 0) is 23.8 Å². The number of carbonyl (C=O) groups excluding carboxylic acids is 2. The summed E-state index contributed by atoms with van der Waals surface area (Å²) in [7, 11) is 1.29. The van der Waals surface area contributed by atoms with Gasteiger partial charge in [0, 0.05) is 6.42 Å². The van der Waals surface area contributed by atoms with Gasteiger partial charge >= 0.3 is 5.97 Å². The average molecular weight is 272 g/mol. The summed E-state index contributed by atoms with van der Waals surface area (Å²) in [5.74, 6) is -1.89. The van der Waals surface area contributed by atoms with E-state index in [1.54, 1.807) is 6.92 Å². The summed E-state index contributed by atoms with van der Waals surface area (Å²) in [6, 6.07) is 0. The molecule has 19 heavy (non-hydrogen) atoms. The minimum absolute atomic E-state index is 0.00690. The molecule has 1 fully saturated rings. The van der Waals surface area contributed by atoms with Crippen molar-refractivity contribution in [3.05, 3.63) is 0 Å². The molecule has 3 atom stereocenters. The number of hydrogen-bond donors (Lipinski definition) is 0. The highest BCUT2D eigenvalue weighted by Gasteiger charge is 2.34. The van der Waals surface area contributed by atoms with Gasteiger partial charge in [0.15, 0.2) is 5.79 Å². The number of esters is 1. The molecule has 1 unspecified atom stereocenters. The Labute approximate surface area is 114 Å². The SMILES string of the molecule is COC(=O)C(C)C(=O)CC[C@H]1C[C@@H](C)OC(C)(C)O1. The van der Waals surface area contributed by atoms with E-state index in [9.17, 15) is 9.59 Å². The van der Waals surface area contributed by atoms with Crippen LogP contribution in [0.1, 0.15) is 47.0 Å². The van der Waals surface area contributed by atoms with Crippen molar-refractivity contribution in [2.75, 3.05) is 7.11 Å². The summed E-state index contributed by atoms with van der Waals surface area (Å²) in [6.45, 7) is 7.31. The Kier molecular flexibility index (Phi) is 5.50. The minimum Gasteiger partial charge on any atom is -0.468 e. The molecule has 0 aromatic carbocycles. The first-order valence-electron chi connectivity index (χ1n) is 6.71. The van der Waals surface area contributed by atoms with Crippen molar-refractivity contribution < 1.29 is 23.8 Å². The van der Waals surface area contributed by atoms with Crippen molar-refractivity contribution in [1.29, 1.82) is 0 Å². The zero-order valence-electron chi connectivity index (χ0n) is 12.4. The molecule has 0 saturated carbocycles. The fourth-order valence-corrected chi connectivity index (χ4v) is 2.38. The molecule has 1 rings (SSSR count). The number of ketones is 1. The van der Waals surface area contributed by atoms with Crippen molar-refractivity contribution in [1.82, 2.24) is 0 Å². The fourth-order valence-electron chi connectivity index (χ4n) is 2.38. The van der Waals surface area contributed by atoms with E-state index < -0.39 is 17.7 Å². The van der Waals surface area contributed by atoms with Gasteiger partial charge in [0.05, 0.1) is 19.3 Å². The van der Waals surface area contributed by atoms with Crippen LogP contribution in [0.15, 0.2) is 0 Å². The molecule has 0 amide bonds. The van der Waals surface area contributed by atoms with E-state index in [1.165, 1.54) is 7.11 Å². The van der Waals surface area contributed by atoms with E-state index >= 15 is 0 Å². The highest BCUT2D eigenvalue weighted by atomic mass is 16.7.